The van der Waals surface area contributed by atoms with Gasteiger partial charge in [-0.15, -0.1) is 0 Å². The number of benzene rings is 1. The number of carboxylic acid groups (broad SMARTS) is 1. The molecule has 0 unspecified atom stereocenters. The Bertz CT molecular complexity index is 577. The van der Waals surface area contributed by atoms with Crippen LogP contribution in [0.15, 0.2) is 18.2 Å². The predicted octanol–water partition coefficient (Wildman–Crippen LogP) is 1.77. The summed E-state index contributed by atoms with van der Waals surface area (Å²) >= 11 is 0. The van der Waals surface area contributed by atoms with Gasteiger partial charge in [-0.1, -0.05) is 6.07 Å². The quantitative estimate of drug-likeness (QED) is 0.637. The minimum Gasteiger partial charge on any atom is -0.492 e. The third-order valence-corrected chi connectivity index (χ3v) is 4.14. The Balaban J connectivity index is 2.17. The number of rotatable bonds is 5. The van der Waals surface area contributed by atoms with Gasteiger partial charge >= 0.3 is 13.2 Å². The van der Waals surface area contributed by atoms with Crippen LogP contribution in [0.25, 0.3) is 0 Å². The van der Waals surface area contributed by atoms with Crippen molar-refractivity contribution < 1.29 is 28.3 Å². The Kier molecular flexibility index (Phi) is 4.86. The minimum absolute atomic E-state index is 0.0717. The first-order chi connectivity index (χ1) is 10.6. The smallest absolute Gasteiger partial charge is 0.492 e. The van der Waals surface area contributed by atoms with Crippen LogP contribution in [-0.2, 0) is 9.31 Å². The summed E-state index contributed by atoms with van der Waals surface area (Å²) in [6.07, 6.45) is -1.14. The molecule has 1 fully saturated rings. The number of halogens is 1. The molecular formula is C15H21BFNO5. The van der Waals surface area contributed by atoms with Crippen LogP contribution in [0.2, 0.25) is 0 Å². The first kappa shape index (κ1) is 17.6. The first-order valence-electron chi connectivity index (χ1n) is 7.38. The molecular weight excluding hydrogens is 304 g/mol. The van der Waals surface area contributed by atoms with E-state index in [4.69, 9.17) is 19.2 Å². The topological polar surface area (TPSA) is 77.0 Å². The van der Waals surface area contributed by atoms with Gasteiger partial charge in [0.05, 0.1) is 23.2 Å². The Hall–Kier alpha value is -1.80. The van der Waals surface area contributed by atoms with E-state index in [1.807, 2.05) is 27.7 Å². The number of hydrogen-bond donors (Lipinski definition) is 2. The van der Waals surface area contributed by atoms with Gasteiger partial charge in [-0.25, -0.2) is 9.18 Å². The van der Waals surface area contributed by atoms with E-state index in [0.29, 0.717) is 0 Å². The molecule has 0 atom stereocenters. The standard InChI is InChI=1S/C15H21BFNO5/c1-14(2)15(3,4)23-16(22-14)12-10(17)6-5-7-11(12)21-9-8-18-13(19)20/h5-7,18H,8-9H2,1-4H3,(H,19,20). The molecule has 1 saturated heterocycles. The number of nitrogens with one attached hydrogen (secondary N) is 1. The number of amides is 1. The zero-order valence-corrected chi connectivity index (χ0v) is 13.7. The highest BCUT2D eigenvalue weighted by Gasteiger charge is 2.53. The van der Waals surface area contributed by atoms with Gasteiger partial charge in [-0.3, -0.25) is 0 Å². The van der Waals surface area contributed by atoms with E-state index in [1.54, 1.807) is 6.07 Å². The molecule has 6 nitrogen and oxygen atoms in total. The van der Waals surface area contributed by atoms with E-state index in [0.717, 1.165) is 0 Å². The second kappa shape index (κ2) is 6.37. The number of hydrogen-bond acceptors (Lipinski definition) is 4. The SMILES string of the molecule is CC1(C)OB(c2c(F)cccc2OCCNC(=O)O)OC1(C)C. The van der Waals surface area contributed by atoms with Crippen LogP contribution in [0.1, 0.15) is 27.7 Å². The zero-order valence-electron chi connectivity index (χ0n) is 13.7. The lowest BCUT2D eigenvalue weighted by Crippen LogP contribution is -2.41. The molecule has 0 aliphatic carbocycles. The van der Waals surface area contributed by atoms with Crippen molar-refractivity contribution >= 4 is 18.7 Å². The molecule has 1 aliphatic heterocycles. The molecule has 0 radical (unpaired) electrons. The largest absolute Gasteiger partial charge is 0.501 e. The summed E-state index contributed by atoms with van der Waals surface area (Å²) in [5.41, 5.74) is -1.01. The molecule has 2 N–H and O–H groups in total. The van der Waals surface area contributed by atoms with Gasteiger partial charge in [0.1, 0.15) is 18.2 Å². The summed E-state index contributed by atoms with van der Waals surface area (Å²) in [6.45, 7) is 7.68. The van der Waals surface area contributed by atoms with Crippen LogP contribution in [0.4, 0.5) is 9.18 Å². The lowest BCUT2D eigenvalue weighted by atomic mass is 9.78. The molecule has 1 aromatic rings. The Morgan fingerprint density at radius 2 is 1.91 bits per heavy atom. The summed E-state index contributed by atoms with van der Waals surface area (Å²) in [5, 5.41) is 10.7. The maximum Gasteiger partial charge on any atom is 0.501 e. The zero-order chi connectivity index (χ0) is 17.3. The molecule has 2 rings (SSSR count). The van der Waals surface area contributed by atoms with Gasteiger partial charge in [0.15, 0.2) is 0 Å². The van der Waals surface area contributed by atoms with Crippen molar-refractivity contribution in [3.8, 4) is 5.75 Å². The molecule has 126 valence electrons. The van der Waals surface area contributed by atoms with Crippen LogP contribution in [-0.4, -0.2) is 42.7 Å². The van der Waals surface area contributed by atoms with Gasteiger partial charge in [0.25, 0.3) is 0 Å². The van der Waals surface area contributed by atoms with Crippen LogP contribution < -0.4 is 15.5 Å². The van der Waals surface area contributed by atoms with Crippen LogP contribution in [0, 0.1) is 5.82 Å². The highest BCUT2D eigenvalue weighted by molar-refractivity contribution is 6.63. The summed E-state index contributed by atoms with van der Waals surface area (Å²) in [4.78, 5) is 10.4. The van der Waals surface area contributed by atoms with Crippen molar-refractivity contribution in [2.24, 2.45) is 0 Å². The Labute approximate surface area is 135 Å². The summed E-state index contributed by atoms with van der Waals surface area (Å²) in [7, 11) is -0.886. The molecule has 8 heteroatoms. The fourth-order valence-electron chi connectivity index (χ4n) is 2.15. The molecule has 1 aromatic carbocycles. The van der Waals surface area contributed by atoms with Gasteiger partial charge < -0.3 is 24.5 Å². The molecule has 1 heterocycles. The fourth-order valence-corrected chi connectivity index (χ4v) is 2.15. The highest BCUT2D eigenvalue weighted by Crippen LogP contribution is 2.37. The third kappa shape index (κ3) is 3.76. The molecule has 1 amide bonds. The molecule has 1 aliphatic rings. The van der Waals surface area contributed by atoms with E-state index in [1.165, 1.54) is 12.1 Å². The third-order valence-electron chi connectivity index (χ3n) is 4.14. The Morgan fingerprint density at radius 1 is 1.30 bits per heavy atom. The Morgan fingerprint density at radius 3 is 2.48 bits per heavy atom. The van der Waals surface area contributed by atoms with Crippen molar-refractivity contribution in [1.29, 1.82) is 0 Å². The molecule has 0 bridgehead atoms. The van der Waals surface area contributed by atoms with E-state index < -0.39 is 30.2 Å². The van der Waals surface area contributed by atoms with Crippen LogP contribution in [0.5, 0.6) is 5.75 Å². The van der Waals surface area contributed by atoms with Crippen molar-refractivity contribution in [1.82, 2.24) is 5.32 Å². The van der Waals surface area contributed by atoms with E-state index in [9.17, 15) is 9.18 Å². The summed E-state index contributed by atoms with van der Waals surface area (Å²) in [5.74, 6) is -0.220. The fraction of sp³-hybridized carbons (Fsp3) is 0.533. The summed E-state index contributed by atoms with van der Waals surface area (Å²) in [6, 6.07) is 4.43. The molecule has 23 heavy (non-hydrogen) atoms. The van der Waals surface area contributed by atoms with Crippen molar-refractivity contribution in [2.45, 2.75) is 38.9 Å². The first-order valence-corrected chi connectivity index (χ1v) is 7.38. The lowest BCUT2D eigenvalue weighted by Gasteiger charge is -2.32. The predicted molar refractivity (Wildman–Crippen MR) is 83.6 cm³/mol. The van der Waals surface area contributed by atoms with E-state index in [-0.39, 0.29) is 24.4 Å². The summed E-state index contributed by atoms with van der Waals surface area (Å²) < 4.78 is 31.5. The van der Waals surface area contributed by atoms with Crippen molar-refractivity contribution in [3.63, 3.8) is 0 Å². The molecule has 0 aromatic heterocycles. The highest BCUT2D eigenvalue weighted by atomic mass is 19.1. The average Bonchev–Trinajstić information content (AvgIpc) is 2.63. The van der Waals surface area contributed by atoms with Crippen molar-refractivity contribution in [2.75, 3.05) is 13.2 Å². The van der Waals surface area contributed by atoms with Gasteiger partial charge in [-0.2, -0.15) is 0 Å². The maximum absolute atomic E-state index is 14.3. The normalized spacial score (nSPS) is 18.7. The molecule has 0 saturated carbocycles. The van der Waals surface area contributed by atoms with Crippen LogP contribution in [0.3, 0.4) is 0 Å². The second-order valence-corrected chi connectivity index (χ2v) is 6.32. The van der Waals surface area contributed by atoms with Crippen molar-refractivity contribution in [3.05, 3.63) is 24.0 Å². The minimum atomic E-state index is -1.14. The number of carbonyl (C=O) groups is 1. The van der Waals surface area contributed by atoms with E-state index >= 15 is 0 Å². The van der Waals surface area contributed by atoms with Gasteiger partial charge in [-0.05, 0) is 39.8 Å². The second-order valence-electron chi connectivity index (χ2n) is 6.32. The van der Waals surface area contributed by atoms with Crippen LogP contribution >= 0.6 is 0 Å². The maximum atomic E-state index is 14.3. The average molecular weight is 325 g/mol. The molecule has 0 spiro atoms. The van der Waals surface area contributed by atoms with Gasteiger partial charge in [0, 0.05) is 0 Å². The number of ether oxygens (including phenoxy) is 1. The monoisotopic (exact) mass is 325 g/mol. The van der Waals surface area contributed by atoms with E-state index in [2.05, 4.69) is 5.32 Å². The lowest BCUT2D eigenvalue weighted by molar-refractivity contribution is 0.00578. The van der Waals surface area contributed by atoms with Gasteiger partial charge in [0.2, 0.25) is 0 Å².